The molecule has 0 aromatic carbocycles. The number of carbonyl (C=O) groups is 1. The molecule has 9 atom stereocenters. The molecule has 0 radical (unpaired) electrons. The second-order valence-corrected chi connectivity index (χ2v) is 10.9. The van der Waals surface area contributed by atoms with Crippen molar-refractivity contribution >= 4 is 5.97 Å². The molecule has 4 fully saturated rings. The summed E-state index contributed by atoms with van der Waals surface area (Å²) in [5, 5.41) is 32.7. The zero-order valence-electron chi connectivity index (χ0n) is 17.1. The Morgan fingerprint density at radius 2 is 1.82 bits per heavy atom. The first-order valence-corrected chi connectivity index (χ1v) is 11.1. The number of cyclic esters (lactones) is 1. The van der Waals surface area contributed by atoms with Crippen LogP contribution in [0, 0.1) is 34.5 Å². The van der Waals surface area contributed by atoms with Gasteiger partial charge in [0.05, 0.1) is 17.8 Å². The van der Waals surface area contributed by atoms with Gasteiger partial charge in [-0.1, -0.05) is 13.8 Å². The van der Waals surface area contributed by atoms with Gasteiger partial charge in [0, 0.05) is 11.5 Å². The Labute approximate surface area is 167 Å². The molecule has 0 aromatic rings. The maximum Gasteiger partial charge on any atom is 0.331 e. The number of carbonyl (C=O) groups excluding carboxylic acids is 1. The van der Waals surface area contributed by atoms with E-state index in [0.717, 1.165) is 44.1 Å². The predicted octanol–water partition coefficient (Wildman–Crippen LogP) is 2.58. The van der Waals surface area contributed by atoms with Crippen LogP contribution >= 0.6 is 0 Å². The second kappa shape index (κ2) is 6.05. The SMILES string of the molecule is CC12CC(O)C(O)CC1CCC1C2CCC2(C)C(C3=CC(=O)OC3)CCC12O. The number of aliphatic hydroxyl groups excluding tert-OH is 2. The zero-order chi connectivity index (χ0) is 19.9. The van der Waals surface area contributed by atoms with Crippen LogP contribution in [0.5, 0.6) is 0 Å². The number of rotatable bonds is 1. The Hall–Kier alpha value is -0.910. The van der Waals surface area contributed by atoms with Crippen LogP contribution in [0.2, 0.25) is 0 Å². The highest BCUT2D eigenvalue weighted by molar-refractivity contribution is 5.85. The van der Waals surface area contributed by atoms with Crippen molar-refractivity contribution in [2.24, 2.45) is 34.5 Å². The van der Waals surface area contributed by atoms with Gasteiger partial charge in [-0.25, -0.2) is 4.79 Å². The number of ether oxygens (including phenoxy) is 1. The lowest BCUT2D eigenvalue weighted by Gasteiger charge is -2.64. The molecule has 4 aliphatic carbocycles. The van der Waals surface area contributed by atoms with Gasteiger partial charge >= 0.3 is 5.97 Å². The first kappa shape index (κ1) is 19.1. The van der Waals surface area contributed by atoms with Crippen molar-refractivity contribution in [3.8, 4) is 0 Å². The van der Waals surface area contributed by atoms with Crippen molar-refractivity contribution < 1.29 is 24.9 Å². The number of hydrogen-bond donors (Lipinski definition) is 3. The molecular weight excluding hydrogens is 356 g/mol. The van der Waals surface area contributed by atoms with Crippen LogP contribution in [0.4, 0.5) is 0 Å². The van der Waals surface area contributed by atoms with E-state index in [2.05, 4.69) is 13.8 Å². The summed E-state index contributed by atoms with van der Waals surface area (Å²) in [6.45, 7) is 4.92. The maximum atomic E-state index is 12.1. The van der Waals surface area contributed by atoms with E-state index >= 15 is 0 Å². The maximum absolute atomic E-state index is 12.1. The standard InChI is InChI=1S/C23H34O5/c1-21-11-19(25)18(24)10-14(21)3-4-17-16(21)5-7-22(2)15(6-8-23(17,22)27)13-9-20(26)28-12-13/h9,14-19,24-25,27H,3-8,10-12H2,1-2H3. The zero-order valence-corrected chi connectivity index (χ0v) is 17.1. The quantitative estimate of drug-likeness (QED) is 0.599. The Kier molecular flexibility index (Phi) is 4.12. The van der Waals surface area contributed by atoms with E-state index in [1.165, 1.54) is 0 Å². The molecule has 1 heterocycles. The third kappa shape index (κ3) is 2.33. The topological polar surface area (TPSA) is 87.0 Å². The molecule has 0 amide bonds. The fourth-order valence-electron chi connectivity index (χ4n) is 8.43. The van der Waals surface area contributed by atoms with Crippen LogP contribution in [0.25, 0.3) is 0 Å². The van der Waals surface area contributed by atoms with Crippen LogP contribution in [-0.2, 0) is 9.53 Å². The summed E-state index contributed by atoms with van der Waals surface area (Å²) in [5.74, 6) is 1.03. The first-order chi connectivity index (χ1) is 13.2. The van der Waals surface area contributed by atoms with Gasteiger partial charge in [-0.2, -0.15) is 0 Å². The molecule has 5 rings (SSSR count). The van der Waals surface area contributed by atoms with Gasteiger partial charge in [-0.15, -0.1) is 0 Å². The molecule has 0 aromatic heterocycles. The number of fused-ring (bicyclic) bond motifs is 5. The lowest BCUT2D eigenvalue weighted by Crippen LogP contribution is -2.63. The Bertz CT molecular complexity index is 718. The van der Waals surface area contributed by atoms with Crippen LogP contribution in [0.1, 0.15) is 65.2 Å². The van der Waals surface area contributed by atoms with Crippen LogP contribution < -0.4 is 0 Å². The largest absolute Gasteiger partial charge is 0.458 e. The van der Waals surface area contributed by atoms with Gasteiger partial charge in [-0.3, -0.25) is 0 Å². The monoisotopic (exact) mass is 390 g/mol. The highest BCUT2D eigenvalue weighted by atomic mass is 16.5. The summed E-state index contributed by atoms with van der Waals surface area (Å²) >= 11 is 0. The van der Waals surface area contributed by atoms with Gasteiger partial charge < -0.3 is 20.1 Å². The van der Waals surface area contributed by atoms with Crippen molar-refractivity contribution in [2.45, 2.75) is 83.0 Å². The first-order valence-electron chi connectivity index (χ1n) is 11.1. The fraction of sp³-hybridized carbons (Fsp3) is 0.870. The van der Waals surface area contributed by atoms with Gasteiger partial charge in [0.25, 0.3) is 0 Å². The average molecular weight is 391 g/mol. The average Bonchev–Trinajstić information content (AvgIpc) is 3.17. The summed E-state index contributed by atoms with van der Waals surface area (Å²) in [4.78, 5) is 11.6. The third-order valence-electron chi connectivity index (χ3n) is 10.0. The van der Waals surface area contributed by atoms with Crippen molar-refractivity contribution in [1.82, 2.24) is 0 Å². The van der Waals surface area contributed by atoms with E-state index < -0.39 is 17.8 Å². The molecule has 0 bridgehead atoms. The van der Waals surface area contributed by atoms with Crippen molar-refractivity contribution in [3.63, 3.8) is 0 Å². The molecule has 0 spiro atoms. The molecule has 0 saturated heterocycles. The summed E-state index contributed by atoms with van der Waals surface area (Å²) in [5.41, 5.74) is 0.118. The molecule has 156 valence electrons. The molecule has 1 aliphatic heterocycles. The van der Waals surface area contributed by atoms with Gasteiger partial charge in [-0.05, 0) is 86.0 Å². The molecule has 5 heteroatoms. The minimum atomic E-state index is -0.720. The Morgan fingerprint density at radius 1 is 1.04 bits per heavy atom. The van der Waals surface area contributed by atoms with Gasteiger partial charge in [0.2, 0.25) is 0 Å². The number of esters is 1. The van der Waals surface area contributed by atoms with Crippen molar-refractivity contribution in [3.05, 3.63) is 11.6 Å². The highest BCUT2D eigenvalue weighted by Crippen LogP contribution is 2.69. The summed E-state index contributed by atoms with van der Waals surface area (Å²) in [7, 11) is 0. The van der Waals surface area contributed by atoms with Crippen molar-refractivity contribution in [2.75, 3.05) is 6.61 Å². The molecule has 9 unspecified atom stereocenters. The molecule has 28 heavy (non-hydrogen) atoms. The Balaban J connectivity index is 1.47. The lowest BCUT2D eigenvalue weighted by atomic mass is 9.43. The summed E-state index contributed by atoms with van der Waals surface area (Å²) < 4.78 is 5.19. The normalized spacial score (nSPS) is 55.8. The Morgan fingerprint density at radius 3 is 2.54 bits per heavy atom. The third-order valence-corrected chi connectivity index (χ3v) is 10.0. The van der Waals surface area contributed by atoms with Gasteiger partial charge in [0.15, 0.2) is 0 Å². The molecule has 5 aliphatic rings. The minimum absolute atomic E-state index is 0.0115. The number of aliphatic hydroxyl groups is 3. The van der Waals surface area contributed by atoms with Crippen LogP contribution in [0.3, 0.4) is 0 Å². The smallest absolute Gasteiger partial charge is 0.331 e. The predicted molar refractivity (Wildman–Crippen MR) is 103 cm³/mol. The lowest BCUT2D eigenvalue weighted by molar-refractivity contribution is -0.218. The van der Waals surface area contributed by atoms with E-state index in [9.17, 15) is 20.1 Å². The van der Waals surface area contributed by atoms with E-state index in [0.29, 0.717) is 31.3 Å². The van der Waals surface area contributed by atoms with Crippen LogP contribution in [0.15, 0.2) is 11.6 Å². The molecule has 5 nitrogen and oxygen atoms in total. The van der Waals surface area contributed by atoms with E-state index in [1.807, 2.05) is 0 Å². The molecule has 4 saturated carbocycles. The minimum Gasteiger partial charge on any atom is -0.458 e. The highest BCUT2D eigenvalue weighted by Gasteiger charge is 2.68. The number of hydrogen-bond acceptors (Lipinski definition) is 5. The second-order valence-electron chi connectivity index (χ2n) is 10.9. The van der Waals surface area contributed by atoms with Crippen LogP contribution in [-0.4, -0.2) is 45.7 Å². The van der Waals surface area contributed by atoms with E-state index in [4.69, 9.17) is 4.74 Å². The molecule has 3 N–H and O–H groups in total. The van der Waals surface area contributed by atoms with E-state index in [-0.39, 0.29) is 28.6 Å². The van der Waals surface area contributed by atoms with Gasteiger partial charge in [0.1, 0.15) is 6.61 Å². The van der Waals surface area contributed by atoms with E-state index in [1.54, 1.807) is 6.08 Å². The summed E-state index contributed by atoms with van der Waals surface area (Å²) in [6.07, 6.45) is 7.46. The van der Waals surface area contributed by atoms with Crippen molar-refractivity contribution in [1.29, 1.82) is 0 Å². The fourth-order valence-corrected chi connectivity index (χ4v) is 8.43. The molecular formula is C23H34O5. The summed E-state index contributed by atoms with van der Waals surface area (Å²) in [6, 6.07) is 0.